The molecule has 1 aromatic rings. The van der Waals surface area contributed by atoms with E-state index in [4.69, 9.17) is 5.73 Å². The zero-order chi connectivity index (χ0) is 11.4. The summed E-state index contributed by atoms with van der Waals surface area (Å²) < 4.78 is 36.2. The Balaban J connectivity index is 0.000000791. The summed E-state index contributed by atoms with van der Waals surface area (Å²) in [5, 5.41) is 0. The molecule has 0 unspecified atom stereocenters. The van der Waals surface area contributed by atoms with Crippen LogP contribution >= 0.6 is 15.9 Å². The normalized spacial score (nSPS) is 10.4. The Morgan fingerprint density at radius 1 is 1.36 bits per heavy atom. The molecule has 0 aliphatic heterocycles. The van der Waals surface area contributed by atoms with E-state index in [0.29, 0.717) is 0 Å². The Morgan fingerprint density at radius 3 is 2.21 bits per heavy atom. The molecule has 0 fully saturated rings. The summed E-state index contributed by atoms with van der Waals surface area (Å²) in [4.78, 5) is 3.42. The lowest BCUT2D eigenvalue weighted by Gasteiger charge is -2.06. The van der Waals surface area contributed by atoms with E-state index in [-0.39, 0.29) is 10.3 Å². The average molecular weight is 271 g/mol. The van der Waals surface area contributed by atoms with Gasteiger partial charge in [-0.05, 0) is 22.0 Å². The Morgan fingerprint density at radius 2 is 1.86 bits per heavy atom. The lowest BCUT2D eigenvalue weighted by atomic mass is 10.2. The molecule has 14 heavy (non-hydrogen) atoms. The molecule has 2 nitrogen and oxygen atoms in total. The van der Waals surface area contributed by atoms with Gasteiger partial charge in [0.05, 0.1) is 11.3 Å². The van der Waals surface area contributed by atoms with Gasteiger partial charge in [-0.3, -0.25) is 0 Å². The van der Waals surface area contributed by atoms with Gasteiger partial charge in [0.1, 0.15) is 4.60 Å². The Hall–Kier alpha value is -0.780. The number of hydrogen-bond acceptors (Lipinski definition) is 2. The van der Waals surface area contributed by atoms with Crippen LogP contribution in [0.4, 0.5) is 18.9 Å². The van der Waals surface area contributed by atoms with Crippen LogP contribution in [0.5, 0.6) is 0 Å². The van der Waals surface area contributed by atoms with E-state index in [2.05, 4.69) is 20.9 Å². The van der Waals surface area contributed by atoms with Crippen molar-refractivity contribution in [1.82, 2.24) is 4.98 Å². The van der Waals surface area contributed by atoms with Gasteiger partial charge in [0, 0.05) is 6.20 Å². The Bertz CT molecular complexity index is 299. The minimum atomic E-state index is -4.39. The van der Waals surface area contributed by atoms with Crippen molar-refractivity contribution in [3.05, 3.63) is 22.4 Å². The molecule has 2 N–H and O–H groups in total. The fourth-order valence-corrected chi connectivity index (χ4v) is 0.837. The van der Waals surface area contributed by atoms with Crippen LogP contribution in [0.1, 0.15) is 19.4 Å². The van der Waals surface area contributed by atoms with Gasteiger partial charge in [-0.2, -0.15) is 13.2 Å². The van der Waals surface area contributed by atoms with Gasteiger partial charge < -0.3 is 5.73 Å². The van der Waals surface area contributed by atoms with Crippen molar-refractivity contribution in [2.75, 3.05) is 5.73 Å². The minimum Gasteiger partial charge on any atom is -0.397 e. The molecular formula is C8H10BrF3N2. The quantitative estimate of drug-likeness (QED) is 0.734. The van der Waals surface area contributed by atoms with Crippen LogP contribution in [0, 0.1) is 0 Å². The number of nitrogens with zero attached hydrogens (tertiary/aromatic N) is 1. The highest BCUT2D eigenvalue weighted by Gasteiger charge is 2.31. The zero-order valence-corrected chi connectivity index (χ0v) is 9.28. The van der Waals surface area contributed by atoms with Crippen LogP contribution in [-0.2, 0) is 6.18 Å². The van der Waals surface area contributed by atoms with E-state index in [1.54, 1.807) is 0 Å². The highest BCUT2D eigenvalue weighted by molar-refractivity contribution is 9.10. The lowest BCUT2D eigenvalue weighted by molar-refractivity contribution is -0.137. The standard InChI is InChI=1S/C6H4BrF3N2.C2H6/c7-5-4(11)1-3(2-12-5)6(8,9)10;1-2/h1-2H,11H2;1-2H3. The predicted molar refractivity (Wildman–Crippen MR) is 52.7 cm³/mol. The largest absolute Gasteiger partial charge is 0.417 e. The van der Waals surface area contributed by atoms with Gasteiger partial charge in [-0.15, -0.1) is 0 Å². The average Bonchev–Trinajstić information content (AvgIpc) is 2.11. The number of nitrogens with two attached hydrogens (primary N) is 1. The Labute approximate surface area is 88.5 Å². The van der Waals surface area contributed by atoms with Gasteiger partial charge in [0.2, 0.25) is 0 Å². The topological polar surface area (TPSA) is 38.9 Å². The third kappa shape index (κ3) is 3.53. The van der Waals surface area contributed by atoms with E-state index in [0.717, 1.165) is 12.3 Å². The van der Waals surface area contributed by atoms with Gasteiger partial charge in [0.15, 0.2) is 0 Å². The first-order valence-electron chi connectivity index (χ1n) is 3.89. The molecule has 1 rings (SSSR count). The molecule has 0 saturated heterocycles. The molecule has 0 aliphatic rings. The van der Waals surface area contributed by atoms with Crippen molar-refractivity contribution in [2.24, 2.45) is 0 Å². The number of halogens is 4. The summed E-state index contributed by atoms with van der Waals surface area (Å²) in [6.07, 6.45) is -3.66. The summed E-state index contributed by atoms with van der Waals surface area (Å²) >= 11 is 2.89. The van der Waals surface area contributed by atoms with E-state index in [9.17, 15) is 13.2 Å². The maximum absolute atomic E-state index is 12.0. The fourth-order valence-electron chi connectivity index (χ4n) is 0.620. The third-order valence-electron chi connectivity index (χ3n) is 1.19. The second-order valence-electron chi connectivity index (χ2n) is 2.10. The van der Waals surface area contributed by atoms with Crippen LogP contribution < -0.4 is 5.73 Å². The molecule has 6 heteroatoms. The first kappa shape index (κ1) is 13.2. The number of hydrogen-bond donors (Lipinski definition) is 1. The summed E-state index contributed by atoms with van der Waals surface area (Å²) in [5.74, 6) is 0. The second-order valence-corrected chi connectivity index (χ2v) is 2.85. The van der Waals surface area contributed by atoms with Crippen LogP contribution in [0.3, 0.4) is 0 Å². The van der Waals surface area contributed by atoms with Crippen molar-refractivity contribution in [3.8, 4) is 0 Å². The number of rotatable bonds is 0. The molecule has 1 heterocycles. The summed E-state index contributed by atoms with van der Waals surface area (Å²) in [5.41, 5.74) is 4.34. The van der Waals surface area contributed by atoms with Crippen molar-refractivity contribution in [3.63, 3.8) is 0 Å². The SMILES string of the molecule is CC.Nc1cc(C(F)(F)F)cnc1Br. The van der Waals surface area contributed by atoms with Crippen molar-refractivity contribution in [1.29, 1.82) is 0 Å². The molecule has 0 saturated carbocycles. The third-order valence-corrected chi connectivity index (χ3v) is 1.86. The van der Waals surface area contributed by atoms with Gasteiger partial charge >= 0.3 is 6.18 Å². The smallest absolute Gasteiger partial charge is 0.397 e. The van der Waals surface area contributed by atoms with Crippen LogP contribution in [0.25, 0.3) is 0 Å². The minimum absolute atomic E-state index is 0.0233. The van der Waals surface area contributed by atoms with E-state index in [1.807, 2.05) is 13.8 Å². The number of alkyl halides is 3. The van der Waals surface area contributed by atoms with E-state index < -0.39 is 11.7 Å². The zero-order valence-electron chi connectivity index (χ0n) is 7.69. The van der Waals surface area contributed by atoms with E-state index in [1.165, 1.54) is 0 Å². The molecule has 0 aromatic carbocycles. The first-order chi connectivity index (χ1) is 6.41. The maximum atomic E-state index is 12.0. The van der Waals surface area contributed by atoms with Crippen molar-refractivity contribution >= 4 is 21.6 Å². The predicted octanol–water partition coefficient (Wildman–Crippen LogP) is 3.47. The molecule has 0 atom stereocenters. The van der Waals surface area contributed by atoms with Gasteiger partial charge in [-0.25, -0.2) is 4.98 Å². The lowest BCUT2D eigenvalue weighted by Crippen LogP contribution is -2.06. The summed E-state index contributed by atoms with van der Waals surface area (Å²) in [7, 11) is 0. The first-order valence-corrected chi connectivity index (χ1v) is 4.69. The number of aromatic nitrogens is 1. The summed E-state index contributed by atoms with van der Waals surface area (Å²) in [6, 6.07) is 0.830. The molecule has 0 amide bonds. The molecule has 0 radical (unpaired) electrons. The molecule has 1 aromatic heterocycles. The van der Waals surface area contributed by atoms with Gasteiger partial charge in [-0.1, -0.05) is 13.8 Å². The Kier molecular flexibility index (Phi) is 4.90. The summed E-state index contributed by atoms with van der Waals surface area (Å²) in [6.45, 7) is 4.00. The molecule has 0 spiro atoms. The highest BCUT2D eigenvalue weighted by Crippen LogP contribution is 2.31. The number of anilines is 1. The van der Waals surface area contributed by atoms with Crippen molar-refractivity contribution < 1.29 is 13.2 Å². The fraction of sp³-hybridized carbons (Fsp3) is 0.375. The van der Waals surface area contributed by atoms with Crippen LogP contribution in [0.15, 0.2) is 16.9 Å². The molecular weight excluding hydrogens is 261 g/mol. The molecule has 80 valence electrons. The van der Waals surface area contributed by atoms with Crippen molar-refractivity contribution in [2.45, 2.75) is 20.0 Å². The van der Waals surface area contributed by atoms with Crippen LogP contribution in [0.2, 0.25) is 0 Å². The number of pyridine rings is 1. The highest BCUT2D eigenvalue weighted by atomic mass is 79.9. The molecule has 0 bridgehead atoms. The monoisotopic (exact) mass is 270 g/mol. The molecule has 0 aliphatic carbocycles. The maximum Gasteiger partial charge on any atom is 0.417 e. The second kappa shape index (κ2) is 5.19. The van der Waals surface area contributed by atoms with Crippen LogP contribution in [-0.4, -0.2) is 4.98 Å². The number of nitrogen functional groups attached to an aromatic ring is 1. The van der Waals surface area contributed by atoms with Gasteiger partial charge in [0.25, 0.3) is 0 Å². The van der Waals surface area contributed by atoms with E-state index >= 15 is 0 Å².